The first-order valence-electron chi connectivity index (χ1n) is 6.22. The minimum Gasteiger partial charge on any atom is -0.365 e. The van der Waals surface area contributed by atoms with E-state index in [0.29, 0.717) is 22.8 Å². The molecule has 3 aromatic rings. The normalized spacial score (nSPS) is 10.8. The van der Waals surface area contributed by atoms with E-state index >= 15 is 0 Å². The fourth-order valence-electron chi connectivity index (χ4n) is 2.05. The summed E-state index contributed by atoms with van der Waals surface area (Å²) in [6.45, 7) is 0.393. The van der Waals surface area contributed by atoms with Crippen LogP contribution in [0.15, 0.2) is 42.7 Å². The average Bonchev–Trinajstić information content (AvgIpc) is 2.46. The van der Waals surface area contributed by atoms with Crippen LogP contribution in [0.5, 0.6) is 0 Å². The molecule has 1 heterocycles. The van der Waals surface area contributed by atoms with Crippen molar-refractivity contribution < 1.29 is 8.78 Å². The van der Waals surface area contributed by atoms with Gasteiger partial charge in [0.05, 0.1) is 0 Å². The molecule has 3 rings (SSSR count). The van der Waals surface area contributed by atoms with Gasteiger partial charge in [0.15, 0.2) is 5.82 Å². The first-order chi connectivity index (χ1) is 10.1. The second-order valence-corrected chi connectivity index (χ2v) is 4.86. The standard InChI is InChI=1S/C15H10ClF2N3/c16-12-4-2-1-3-9(12)7-19-15-11-5-10(17)6-13(18)14(11)20-8-21-15/h1-6,8H,7H2,(H,19,20,21). The van der Waals surface area contributed by atoms with Gasteiger partial charge < -0.3 is 5.32 Å². The summed E-state index contributed by atoms with van der Waals surface area (Å²) in [4.78, 5) is 7.87. The molecule has 1 N–H and O–H groups in total. The van der Waals surface area contributed by atoms with Crippen LogP contribution in [0.4, 0.5) is 14.6 Å². The zero-order valence-corrected chi connectivity index (χ0v) is 11.5. The molecule has 0 bridgehead atoms. The molecule has 0 aliphatic heterocycles. The molecular weight excluding hydrogens is 296 g/mol. The molecule has 106 valence electrons. The number of halogens is 3. The van der Waals surface area contributed by atoms with E-state index in [1.165, 1.54) is 12.4 Å². The highest BCUT2D eigenvalue weighted by Crippen LogP contribution is 2.24. The zero-order chi connectivity index (χ0) is 14.8. The van der Waals surface area contributed by atoms with E-state index in [1.807, 2.05) is 18.2 Å². The second kappa shape index (κ2) is 5.61. The van der Waals surface area contributed by atoms with Crippen LogP contribution < -0.4 is 5.32 Å². The van der Waals surface area contributed by atoms with Gasteiger partial charge in [-0.1, -0.05) is 29.8 Å². The summed E-state index contributed by atoms with van der Waals surface area (Å²) in [6, 6.07) is 9.33. The highest BCUT2D eigenvalue weighted by molar-refractivity contribution is 6.31. The molecule has 0 fully saturated rings. The maximum Gasteiger partial charge on any atom is 0.152 e. The van der Waals surface area contributed by atoms with Gasteiger partial charge in [0.25, 0.3) is 0 Å². The number of fused-ring (bicyclic) bond motifs is 1. The molecule has 0 atom stereocenters. The van der Waals surface area contributed by atoms with Gasteiger partial charge in [-0.05, 0) is 17.7 Å². The van der Waals surface area contributed by atoms with E-state index in [0.717, 1.165) is 11.6 Å². The van der Waals surface area contributed by atoms with Crippen molar-refractivity contribution in [2.75, 3.05) is 5.32 Å². The van der Waals surface area contributed by atoms with Gasteiger partial charge in [-0.3, -0.25) is 0 Å². The van der Waals surface area contributed by atoms with Crippen LogP contribution >= 0.6 is 11.6 Å². The molecule has 6 heteroatoms. The first kappa shape index (κ1) is 13.7. The number of hydrogen-bond acceptors (Lipinski definition) is 3. The second-order valence-electron chi connectivity index (χ2n) is 4.45. The number of hydrogen-bond donors (Lipinski definition) is 1. The minimum atomic E-state index is -0.715. The van der Waals surface area contributed by atoms with Crippen LogP contribution in [0, 0.1) is 11.6 Å². The van der Waals surface area contributed by atoms with Crippen LogP contribution in [-0.4, -0.2) is 9.97 Å². The molecule has 3 nitrogen and oxygen atoms in total. The van der Waals surface area contributed by atoms with Gasteiger partial charge >= 0.3 is 0 Å². The van der Waals surface area contributed by atoms with E-state index in [9.17, 15) is 8.78 Å². The smallest absolute Gasteiger partial charge is 0.152 e. The molecule has 0 radical (unpaired) electrons. The summed E-state index contributed by atoms with van der Waals surface area (Å²) in [5.74, 6) is -1.03. The number of rotatable bonds is 3. The van der Waals surface area contributed by atoms with Crippen molar-refractivity contribution in [3.63, 3.8) is 0 Å². The number of nitrogens with zero attached hydrogens (tertiary/aromatic N) is 2. The molecule has 0 spiro atoms. The van der Waals surface area contributed by atoms with E-state index < -0.39 is 11.6 Å². The quantitative estimate of drug-likeness (QED) is 0.789. The Labute approximate surface area is 124 Å². The monoisotopic (exact) mass is 305 g/mol. The molecule has 0 unspecified atom stereocenters. The van der Waals surface area contributed by atoms with Crippen molar-refractivity contribution in [3.8, 4) is 0 Å². The van der Waals surface area contributed by atoms with Gasteiger partial charge in [0, 0.05) is 23.0 Å². The van der Waals surface area contributed by atoms with Crippen LogP contribution in [-0.2, 0) is 6.54 Å². The highest BCUT2D eigenvalue weighted by atomic mass is 35.5. The molecule has 0 saturated carbocycles. The fourth-order valence-corrected chi connectivity index (χ4v) is 2.26. The van der Waals surface area contributed by atoms with Crippen molar-refractivity contribution in [2.45, 2.75) is 6.54 Å². The molecule has 1 aromatic heterocycles. The van der Waals surface area contributed by atoms with Gasteiger partial charge in [0.2, 0.25) is 0 Å². The number of aromatic nitrogens is 2. The SMILES string of the molecule is Fc1cc(F)c2ncnc(NCc3ccccc3Cl)c2c1. The van der Waals surface area contributed by atoms with Gasteiger partial charge in [0.1, 0.15) is 23.5 Å². The molecule has 0 saturated heterocycles. The largest absolute Gasteiger partial charge is 0.365 e. The van der Waals surface area contributed by atoms with Gasteiger partial charge in [-0.15, -0.1) is 0 Å². The Morgan fingerprint density at radius 2 is 1.90 bits per heavy atom. The number of benzene rings is 2. The maximum atomic E-state index is 13.7. The zero-order valence-electron chi connectivity index (χ0n) is 10.8. The predicted octanol–water partition coefficient (Wildman–Crippen LogP) is 4.17. The topological polar surface area (TPSA) is 37.8 Å². The Kier molecular flexibility index (Phi) is 3.66. The fraction of sp³-hybridized carbons (Fsp3) is 0.0667. The average molecular weight is 306 g/mol. The lowest BCUT2D eigenvalue weighted by atomic mass is 10.2. The molecule has 0 aliphatic rings. The number of nitrogens with one attached hydrogen (secondary N) is 1. The summed E-state index contributed by atoms with van der Waals surface area (Å²) in [7, 11) is 0. The third-order valence-electron chi connectivity index (χ3n) is 3.06. The first-order valence-corrected chi connectivity index (χ1v) is 6.60. The summed E-state index contributed by atoms with van der Waals surface area (Å²) in [5, 5.41) is 3.94. The maximum absolute atomic E-state index is 13.7. The lowest BCUT2D eigenvalue weighted by Crippen LogP contribution is -2.03. The Hall–Kier alpha value is -2.27. The van der Waals surface area contributed by atoms with Crippen molar-refractivity contribution in [2.24, 2.45) is 0 Å². The van der Waals surface area contributed by atoms with E-state index in [4.69, 9.17) is 11.6 Å². The Balaban J connectivity index is 1.96. The van der Waals surface area contributed by atoms with Crippen molar-refractivity contribution in [1.82, 2.24) is 9.97 Å². The van der Waals surface area contributed by atoms with Crippen LogP contribution in [0.1, 0.15) is 5.56 Å². The third kappa shape index (κ3) is 2.78. The molecule has 0 aliphatic carbocycles. The van der Waals surface area contributed by atoms with Crippen LogP contribution in [0.25, 0.3) is 10.9 Å². The molecule has 21 heavy (non-hydrogen) atoms. The minimum absolute atomic E-state index is 0.0769. The molecule has 0 amide bonds. The van der Waals surface area contributed by atoms with E-state index in [-0.39, 0.29) is 5.52 Å². The van der Waals surface area contributed by atoms with Gasteiger partial charge in [-0.2, -0.15) is 0 Å². The Morgan fingerprint density at radius 3 is 2.71 bits per heavy atom. The van der Waals surface area contributed by atoms with Crippen molar-refractivity contribution in [3.05, 3.63) is 64.9 Å². The Bertz CT molecular complexity index is 808. The predicted molar refractivity (Wildman–Crippen MR) is 78.2 cm³/mol. The highest BCUT2D eigenvalue weighted by Gasteiger charge is 2.10. The molecule has 2 aromatic carbocycles. The molecular formula is C15H10ClF2N3. The summed E-state index contributed by atoms with van der Waals surface area (Å²) >= 11 is 6.07. The third-order valence-corrected chi connectivity index (χ3v) is 3.43. The lowest BCUT2D eigenvalue weighted by molar-refractivity contribution is 0.590. The van der Waals surface area contributed by atoms with Crippen molar-refractivity contribution in [1.29, 1.82) is 0 Å². The lowest BCUT2D eigenvalue weighted by Gasteiger charge is -2.09. The summed E-state index contributed by atoms with van der Waals surface area (Å²) in [6.07, 6.45) is 1.23. The van der Waals surface area contributed by atoms with Crippen LogP contribution in [0.2, 0.25) is 5.02 Å². The summed E-state index contributed by atoms with van der Waals surface area (Å²) < 4.78 is 27.0. The van der Waals surface area contributed by atoms with Crippen LogP contribution in [0.3, 0.4) is 0 Å². The van der Waals surface area contributed by atoms with E-state index in [2.05, 4.69) is 15.3 Å². The van der Waals surface area contributed by atoms with E-state index in [1.54, 1.807) is 6.07 Å². The Morgan fingerprint density at radius 1 is 1.10 bits per heavy atom. The summed E-state index contributed by atoms with van der Waals surface area (Å²) in [5.41, 5.74) is 0.941. The van der Waals surface area contributed by atoms with Gasteiger partial charge in [-0.25, -0.2) is 18.7 Å². The van der Waals surface area contributed by atoms with Crippen molar-refractivity contribution >= 4 is 28.3 Å². The number of anilines is 1.